The number of carbonyl (C=O) groups excluding carboxylic acids is 1. The van der Waals surface area contributed by atoms with E-state index in [-0.39, 0.29) is 6.61 Å². The minimum absolute atomic E-state index is 0.0124. The maximum atomic E-state index is 11.2. The van der Waals surface area contributed by atoms with Crippen molar-refractivity contribution >= 4 is 5.97 Å². The monoisotopic (exact) mass is 390 g/mol. The summed E-state index contributed by atoms with van der Waals surface area (Å²) in [4.78, 5) is 11.2. The third-order valence-electron chi connectivity index (χ3n) is 4.48. The number of aliphatic hydroxyl groups excluding tert-OH is 1. The molecular formula is C20H38O7. The molecule has 0 bridgehead atoms. The van der Waals surface area contributed by atoms with Crippen molar-refractivity contribution in [1.29, 1.82) is 0 Å². The lowest BCUT2D eigenvalue weighted by Crippen LogP contribution is -2.61. The maximum absolute atomic E-state index is 11.2. The van der Waals surface area contributed by atoms with Crippen molar-refractivity contribution in [2.75, 3.05) is 26.4 Å². The second-order valence-electron chi connectivity index (χ2n) is 6.93. The molecule has 1 heterocycles. The van der Waals surface area contributed by atoms with Gasteiger partial charge in [-0.3, -0.25) is 4.79 Å². The van der Waals surface area contributed by atoms with E-state index in [1.54, 1.807) is 0 Å². The Hall–Kier alpha value is -0.730. The molecule has 1 aliphatic rings. The number of aliphatic hydroxyl groups is 1. The summed E-state index contributed by atoms with van der Waals surface area (Å²) < 4.78 is 28.9. The van der Waals surface area contributed by atoms with Crippen LogP contribution in [0.4, 0.5) is 0 Å². The molecule has 1 N–H and O–H groups in total. The Morgan fingerprint density at radius 3 is 1.81 bits per heavy atom. The molecule has 27 heavy (non-hydrogen) atoms. The Morgan fingerprint density at radius 2 is 1.33 bits per heavy atom. The van der Waals surface area contributed by atoms with Crippen LogP contribution in [0.15, 0.2) is 0 Å². The molecule has 7 heteroatoms. The highest BCUT2D eigenvalue weighted by Crippen LogP contribution is 2.28. The van der Waals surface area contributed by atoms with Crippen LogP contribution in [0, 0.1) is 0 Å². The predicted octanol–water partition coefficient (Wildman–Crippen LogP) is 2.82. The van der Waals surface area contributed by atoms with Crippen LogP contribution < -0.4 is 0 Å². The highest BCUT2D eigenvalue weighted by atomic mass is 16.7. The van der Waals surface area contributed by atoms with Gasteiger partial charge in [-0.25, -0.2) is 0 Å². The van der Waals surface area contributed by atoms with Crippen LogP contribution in [0.3, 0.4) is 0 Å². The molecule has 0 aromatic heterocycles. The average Bonchev–Trinajstić information content (AvgIpc) is 2.64. The van der Waals surface area contributed by atoms with E-state index in [1.807, 2.05) is 0 Å². The lowest BCUT2D eigenvalue weighted by Gasteiger charge is -2.44. The number of hydrogen-bond donors (Lipinski definition) is 1. The van der Waals surface area contributed by atoms with Gasteiger partial charge in [-0.05, 0) is 19.3 Å². The molecular weight excluding hydrogens is 352 g/mol. The second kappa shape index (κ2) is 14.3. The van der Waals surface area contributed by atoms with Crippen LogP contribution in [0.25, 0.3) is 0 Å². The van der Waals surface area contributed by atoms with Crippen molar-refractivity contribution in [1.82, 2.24) is 0 Å². The Balaban J connectivity index is 2.90. The first-order chi connectivity index (χ1) is 13.0. The Labute approximate surface area is 163 Å². The van der Waals surface area contributed by atoms with Crippen molar-refractivity contribution in [3.8, 4) is 0 Å². The molecule has 1 aliphatic heterocycles. The largest absolute Gasteiger partial charge is 0.463 e. The van der Waals surface area contributed by atoms with Gasteiger partial charge >= 0.3 is 5.97 Å². The third-order valence-corrected chi connectivity index (χ3v) is 4.48. The predicted molar refractivity (Wildman–Crippen MR) is 101 cm³/mol. The quantitative estimate of drug-likeness (QED) is 0.361. The molecule has 0 radical (unpaired) electrons. The number of rotatable bonds is 14. The summed E-state index contributed by atoms with van der Waals surface area (Å²) >= 11 is 0. The lowest BCUT2D eigenvalue weighted by molar-refractivity contribution is -0.311. The van der Waals surface area contributed by atoms with Gasteiger partial charge in [0.2, 0.25) is 0 Å². The molecule has 0 aromatic rings. The molecule has 3 unspecified atom stereocenters. The van der Waals surface area contributed by atoms with Crippen LogP contribution in [0.1, 0.15) is 66.2 Å². The summed E-state index contributed by atoms with van der Waals surface area (Å²) in [7, 11) is 0. The van der Waals surface area contributed by atoms with E-state index in [1.165, 1.54) is 6.92 Å². The van der Waals surface area contributed by atoms with E-state index < -0.39 is 36.7 Å². The van der Waals surface area contributed by atoms with Gasteiger partial charge in [-0.1, -0.05) is 40.0 Å². The van der Waals surface area contributed by atoms with Crippen molar-refractivity contribution in [2.24, 2.45) is 0 Å². The SMILES string of the molecule is CCCCOC1C(OCCCC)[C@@H](O)OC(COC(C)=O)[C@H]1OCCCC. The molecule has 0 saturated carbocycles. The highest BCUT2D eigenvalue weighted by Gasteiger charge is 2.48. The first-order valence-electron chi connectivity index (χ1n) is 10.4. The summed E-state index contributed by atoms with van der Waals surface area (Å²) in [6.07, 6.45) is 2.38. The first-order valence-corrected chi connectivity index (χ1v) is 10.4. The lowest BCUT2D eigenvalue weighted by atomic mass is 9.98. The van der Waals surface area contributed by atoms with Gasteiger partial charge < -0.3 is 28.8 Å². The number of ether oxygens (including phenoxy) is 5. The minimum Gasteiger partial charge on any atom is -0.463 e. The number of esters is 1. The van der Waals surface area contributed by atoms with Crippen LogP contribution in [-0.2, 0) is 28.5 Å². The second-order valence-corrected chi connectivity index (χ2v) is 6.93. The smallest absolute Gasteiger partial charge is 0.302 e. The molecule has 1 saturated heterocycles. The van der Waals surface area contributed by atoms with Crippen LogP contribution in [-0.4, -0.2) is 68.2 Å². The van der Waals surface area contributed by atoms with Gasteiger partial charge in [0.15, 0.2) is 6.29 Å². The molecule has 0 aromatic carbocycles. The molecule has 0 amide bonds. The van der Waals surface area contributed by atoms with Crippen molar-refractivity contribution in [3.63, 3.8) is 0 Å². The fourth-order valence-corrected chi connectivity index (χ4v) is 2.89. The first kappa shape index (κ1) is 24.3. The molecule has 160 valence electrons. The summed E-state index contributed by atoms with van der Waals surface area (Å²) in [5.74, 6) is -0.398. The third kappa shape index (κ3) is 8.87. The Morgan fingerprint density at radius 1 is 0.852 bits per heavy atom. The van der Waals surface area contributed by atoms with Crippen molar-refractivity contribution in [3.05, 3.63) is 0 Å². The van der Waals surface area contributed by atoms with Crippen LogP contribution >= 0.6 is 0 Å². The molecule has 5 atom stereocenters. The van der Waals surface area contributed by atoms with E-state index in [2.05, 4.69) is 20.8 Å². The van der Waals surface area contributed by atoms with E-state index >= 15 is 0 Å². The molecule has 0 spiro atoms. The summed E-state index contributed by atoms with van der Waals surface area (Å²) in [6.45, 7) is 9.24. The number of hydrogen-bond acceptors (Lipinski definition) is 7. The molecule has 0 aliphatic carbocycles. The van der Waals surface area contributed by atoms with E-state index in [0.717, 1.165) is 38.5 Å². The van der Waals surface area contributed by atoms with Gasteiger partial charge in [0.1, 0.15) is 31.0 Å². The zero-order valence-electron chi connectivity index (χ0n) is 17.4. The zero-order chi connectivity index (χ0) is 20.1. The summed E-state index contributed by atoms with van der Waals surface area (Å²) in [5, 5.41) is 10.5. The van der Waals surface area contributed by atoms with E-state index in [4.69, 9.17) is 23.7 Å². The zero-order valence-corrected chi connectivity index (χ0v) is 17.4. The number of carbonyl (C=O) groups is 1. The summed E-state index contributed by atoms with van der Waals surface area (Å²) in [6, 6.07) is 0. The van der Waals surface area contributed by atoms with E-state index in [9.17, 15) is 9.90 Å². The molecule has 1 rings (SSSR count). The van der Waals surface area contributed by atoms with Crippen LogP contribution in [0.5, 0.6) is 0 Å². The van der Waals surface area contributed by atoms with Gasteiger partial charge in [0.25, 0.3) is 0 Å². The maximum Gasteiger partial charge on any atom is 0.302 e. The van der Waals surface area contributed by atoms with Crippen molar-refractivity contribution in [2.45, 2.75) is 96.9 Å². The van der Waals surface area contributed by atoms with E-state index in [0.29, 0.717) is 19.8 Å². The highest BCUT2D eigenvalue weighted by molar-refractivity contribution is 5.65. The topological polar surface area (TPSA) is 83.5 Å². The normalized spacial score (nSPS) is 28.3. The van der Waals surface area contributed by atoms with Crippen LogP contribution in [0.2, 0.25) is 0 Å². The van der Waals surface area contributed by atoms with Gasteiger partial charge in [-0.2, -0.15) is 0 Å². The van der Waals surface area contributed by atoms with Gasteiger partial charge in [-0.15, -0.1) is 0 Å². The fourth-order valence-electron chi connectivity index (χ4n) is 2.89. The average molecular weight is 391 g/mol. The Kier molecular flexibility index (Phi) is 12.9. The summed E-state index contributed by atoms with van der Waals surface area (Å²) in [5.41, 5.74) is 0. The standard InChI is InChI=1S/C20H38O7/c1-5-8-11-23-17-16(14-26-15(4)21)27-20(22)19(25-13-10-7-3)18(17)24-12-9-6-2/h16-20,22H,5-14H2,1-4H3/t16?,17-,18?,19?,20+/m1/s1. The molecule has 1 fully saturated rings. The molecule has 7 nitrogen and oxygen atoms in total. The number of unbranched alkanes of at least 4 members (excludes halogenated alkanes) is 3. The Bertz CT molecular complexity index is 391. The van der Waals surface area contributed by atoms with Crippen molar-refractivity contribution < 1.29 is 33.6 Å². The van der Waals surface area contributed by atoms with Gasteiger partial charge in [0, 0.05) is 26.7 Å². The van der Waals surface area contributed by atoms with Gasteiger partial charge in [0.05, 0.1) is 0 Å². The fraction of sp³-hybridized carbons (Fsp3) is 0.950. The minimum atomic E-state index is -1.15.